The summed E-state index contributed by atoms with van der Waals surface area (Å²) in [5.41, 5.74) is 0. The first-order chi connectivity index (χ1) is 9.87. The van der Waals surface area contributed by atoms with Crippen molar-refractivity contribution in [2.75, 3.05) is 45.9 Å². The van der Waals surface area contributed by atoms with Crippen LogP contribution in [0.15, 0.2) is 0 Å². The van der Waals surface area contributed by atoms with Crippen LogP contribution in [0.5, 0.6) is 0 Å². The third kappa shape index (κ3) is 5.15. The number of nitrogens with one attached hydrogen (secondary N) is 1. The lowest BCUT2D eigenvalue weighted by Gasteiger charge is -2.35. The Hall–Kier alpha value is -0.250. The molecule has 124 valence electrons. The van der Waals surface area contributed by atoms with Crippen LogP contribution in [-0.4, -0.2) is 81.8 Å². The van der Waals surface area contributed by atoms with Gasteiger partial charge in [0.05, 0.1) is 25.4 Å². The lowest BCUT2D eigenvalue weighted by molar-refractivity contribution is -0.0445. The third-order valence-electron chi connectivity index (χ3n) is 3.71. The van der Waals surface area contributed by atoms with Crippen molar-refractivity contribution in [2.45, 2.75) is 39.0 Å². The molecule has 0 amide bonds. The highest BCUT2D eigenvalue weighted by Crippen LogP contribution is 2.14. The van der Waals surface area contributed by atoms with Gasteiger partial charge in [0.15, 0.2) is 0 Å². The summed E-state index contributed by atoms with van der Waals surface area (Å²) in [4.78, 5) is 2.22. The lowest BCUT2D eigenvalue weighted by Crippen LogP contribution is -2.55. The molecule has 0 aromatic rings. The zero-order valence-electron chi connectivity index (χ0n) is 13.1. The summed E-state index contributed by atoms with van der Waals surface area (Å²) in [6, 6.07) is -0.124. The molecule has 2 fully saturated rings. The predicted molar refractivity (Wildman–Crippen MR) is 80.4 cm³/mol. The molecular weight excluding hydrogens is 294 g/mol. The second kappa shape index (κ2) is 7.34. The van der Waals surface area contributed by atoms with E-state index in [-0.39, 0.29) is 18.2 Å². The Kier molecular flexibility index (Phi) is 5.98. The van der Waals surface area contributed by atoms with Gasteiger partial charge in [0, 0.05) is 38.8 Å². The first kappa shape index (κ1) is 17.1. The van der Waals surface area contributed by atoms with E-state index in [0.29, 0.717) is 19.6 Å². The van der Waals surface area contributed by atoms with E-state index in [0.717, 1.165) is 26.3 Å². The smallest absolute Gasteiger partial charge is 0.279 e. The summed E-state index contributed by atoms with van der Waals surface area (Å²) >= 11 is 0. The fourth-order valence-electron chi connectivity index (χ4n) is 2.86. The number of hydrogen-bond donors (Lipinski definition) is 1. The summed E-state index contributed by atoms with van der Waals surface area (Å²) in [6.07, 6.45) is -0.139. The zero-order chi connectivity index (χ0) is 15.5. The highest BCUT2D eigenvalue weighted by molar-refractivity contribution is 7.87. The molecule has 3 unspecified atom stereocenters. The fourth-order valence-corrected chi connectivity index (χ4v) is 4.41. The van der Waals surface area contributed by atoms with Crippen molar-refractivity contribution in [3.05, 3.63) is 0 Å². The SMILES string of the molecule is CC(CN1CCOCC1)NS(=O)(=O)N1CC(C)OC(C)C1. The largest absolute Gasteiger partial charge is 0.379 e. The Bertz CT molecular complexity index is 415. The van der Waals surface area contributed by atoms with E-state index in [4.69, 9.17) is 9.47 Å². The van der Waals surface area contributed by atoms with E-state index in [1.165, 1.54) is 4.31 Å². The van der Waals surface area contributed by atoms with Crippen molar-refractivity contribution in [3.63, 3.8) is 0 Å². The monoisotopic (exact) mass is 321 g/mol. The van der Waals surface area contributed by atoms with Crippen LogP contribution in [0.3, 0.4) is 0 Å². The molecule has 0 aromatic carbocycles. The Balaban J connectivity index is 1.87. The number of nitrogens with zero attached hydrogens (tertiary/aromatic N) is 2. The van der Waals surface area contributed by atoms with Crippen molar-refractivity contribution in [2.24, 2.45) is 0 Å². The van der Waals surface area contributed by atoms with Gasteiger partial charge in [-0.3, -0.25) is 4.90 Å². The van der Waals surface area contributed by atoms with E-state index < -0.39 is 10.2 Å². The van der Waals surface area contributed by atoms with E-state index >= 15 is 0 Å². The van der Waals surface area contributed by atoms with Gasteiger partial charge in [-0.1, -0.05) is 0 Å². The summed E-state index contributed by atoms with van der Waals surface area (Å²) in [7, 11) is -3.45. The Morgan fingerprint density at radius 1 is 1.19 bits per heavy atom. The van der Waals surface area contributed by atoms with Gasteiger partial charge in [-0.25, -0.2) is 0 Å². The van der Waals surface area contributed by atoms with Crippen molar-refractivity contribution in [1.29, 1.82) is 0 Å². The maximum absolute atomic E-state index is 12.4. The minimum Gasteiger partial charge on any atom is -0.379 e. The number of ether oxygens (including phenoxy) is 2. The molecule has 8 heteroatoms. The molecule has 3 atom stereocenters. The van der Waals surface area contributed by atoms with Gasteiger partial charge in [-0.05, 0) is 20.8 Å². The Labute approximate surface area is 127 Å². The van der Waals surface area contributed by atoms with Crippen LogP contribution in [-0.2, 0) is 19.7 Å². The van der Waals surface area contributed by atoms with Gasteiger partial charge < -0.3 is 9.47 Å². The van der Waals surface area contributed by atoms with E-state index in [1.54, 1.807) is 0 Å². The molecule has 7 nitrogen and oxygen atoms in total. The summed E-state index contributed by atoms with van der Waals surface area (Å²) in [5.74, 6) is 0. The minimum atomic E-state index is -3.45. The van der Waals surface area contributed by atoms with E-state index in [9.17, 15) is 8.42 Å². The maximum Gasteiger partial charge on any atom is 0.279 e. The first-order valence-corrected chi connectivity index (χ1v) is 9.04. The quantitative estimate of drug-likeness (QED) is 0.749. The van der Waals surface area contributed by atoms with E-state index in [2.05, 4.69) is 9.62 Å². The normalized spacial score (nSPS) is 31.2. The average molecular weight is 321 g/mol. The molecule has 2 aliphatic rings. The molecule has 2 aliphatic heterocycles. The van der Waals surface area contributed by atoms with Gasteiger partial charge in [-0.2, -0.15) is 17.4 Å². The molecule has 2 saturated heterocycles. The standard InChI is InChI=1S/C13H27N3O4S/c1-11(8-15-4-6-19-7-5-15)14-21(17,18)16-9-12(2)20-13(3)10-16/h11-14H,4-10H2,1-3H3. The highest BCUT2D eigenvalue weighted by atomic mass is 32.2. The van der Waals surface area contributed by atoms with Gasteiger partial charge >= 0.3 is 0 Å². The van der Waals surface area contributed by atoms with Gasteiger partial charge in [0.25, 0.3) is 10.2 Å². The Morgan fingerprint density at radius 2 is 1.76 bits per heavy atom. The number of hydrogen-bond acceptors (Lipinski definition) is 5. The van der Waals surface area contributed by atoms with Crippen LogP contribution in [0.4, 0.5) is 0 Å². The number of rotatable bonds is 5. The van der Waals surface area contributed by atoms with Gasteiger partial charge in [0.1, 0.15) is 0 Å². The lowest BCUT2D eigenvalue weighted by atomic mass is 10.3. The molecular formula is C13H27N3O4S. The second-order valence-corrected chi connectivity index (χ2v) is 7.71. The topological polar surface area (TPSA) is 71.1 Å². The molecule has 0 saturated carbocycles. The second-order valence-electron chi connectivity index (χ2n) is 6.01. The molecule has 1 N–H and O–H groups in total. The average Bonchev–Trinajstić information content (AvgIpc) is 2.37. The van der Waals surface area contributed by atoms with Gasteiger partial charge in [-0.15, -0.1) is 0 Å². The number of morpholine rings is 2. The first-order valence-electron chi connectivity index (χ1n) is 7.60. The zero-order valence-corrected chi connectivity index (χ0v) is 13.9. The van der Waals surface area contributed by atoms with Crippen LogP contribution in [0, 0.1) is 0 Å². The van der Waals surface area contributed by atoms with Crippen LogP contribution in [0.1, 0.15) is 20.8 Å². The molecule has 21 heavy (non-hydrogen) atoms. The summed E-state index contributed by atoms with van der Waals surface area (Å²) < 4.78 is 40.0. The molecule has 0 radical (unpaired) electrons. The maximum atomic E-state index is 12.4. The predicted octanol–water partition coefficient (Wildman–Crippen LogP) is -0.349. The van der Waals surface area contributed by atoms with Crippen LogP contribution in [0.25, 0.3) is 0 Å². The Morgan fingerprint density at radius 3 is 2.33 bits per heavy atom. The third-order valence-corrected chi connectivity index (χ3v) is 5.39. The summed E-state index contributed by atoms with van der Waals surface area (Å²) in [5, 5.41) is 0. The molecule has 2 heterocycles. The minimum absolute atomic E-state index is 0.0696. The van der Waals surface area contributed by atoms with Crippen molar-refractivity contribution < 1.29 is 17.9 Å². The van der Waals surface area contributed by atoms with Gasteiger partial charge in [0.2, 0.25) is 0 Å². The summed E-state index contributed by atoms with van der Waals surface area (Å²) in [6.45, 7) is 10.4. The fraction of sp³-hybridized carbons (Fsp3) is 1.00. The van der Waals surface area contributed by atoms with E-state index in [1.807, 2.05) is 20.8 Å². The molecule has 2 rings (SSSR count). The van der Waals surface area contributed by atoms with Crippen LogP contribution < -0.4 is 4.72 Å². The molecule has 0 spiro atoms. The van der Waals surface area contributed by atoms with Crippen LogP contribution in [0.2, 0.25) is 0 Å². The van der Waals surface area contributed by atoms with Crippen molar-refractivity contribution in [1.82, 2.24) is 13.9 Å². The van der Waals surface area contributed by atoms with Crippen molar-refractivity contribution >= 4 is 10.2 Å². The van der Waals surface area contributed by atoms with Crippen LogP contribution >= 0.6 is 0 Å². The molecule has 0 bridgehead atoms. The molecule has 0 aromatic heterocycles. The van der Waals surface area contributed by atoms with Crippen molar-refractivity contribution in [3.8, 4) is 0 Å². The highest BCUT2D eigenvalue weighted by Gasteiger charge is 2.32. The molecule has 0 aliphatic carbocycles.